The largest absolute Gasteiger partial charge is 0.379 e. The summed E-state index contributed by atoms with van der Waals surface area (Å²) in [6.07, 6.45) is 6.39. The summed E-state index contributed by atoms with van der Waals surface area (Å²) in [5.74, 6) is 0. The van der Waals surface area contributed by atoms with E-state index in [0.717, 1.165) is 26.2 Å². The maximum absolute atomic E-state index is 5.73. The summed E-state index contributed by atoms with van der Waals surface area (Å²) in [5.41, 5.74) is 1.60. The van der Waals surface area contributed by atoms with Crippen LogP contribution in [0.25, 0.3) is 0 Å². The van der Waals surface area contributed by atoms with Crippen LogP contribution >= 0.6 is 11.3 Å². The van der Waals surface area contributed by atoms with Crippen molar-refractivity contribution in [3.05, 3.63) is 21.4 Å². The normalized spacial score (nSPS) is 16.6. The lowest BCUT2D eigenvalue weighted by Crippen LogP contribution is -2.24. The minimum Gasteiger partial charge on any atom is -0.379 e. The molecule has 0 aliphatic heterocycles. The summed E-state index contributed by atoms with van der Waals surface area (Å²) in [6.45, 7) is 7.00. The van der Waals surface area contributed by atoms with Crippen molar-refractivity contribution in [3.8, 4) is 0 Å². The molecule has 1 aliphatic rings. The monoisotopic (exact) mass is 267 g/mol. The Balaban J connectivity index is 2.02. The number of hydrogen-bond acceptors (Lipinski definition) is 3. The smallest absolute Gasteiger partial charge is 0.0669 e. The van der Waals surface area contributed by atoms with Crippen molar-refractivity contribution in [2.24, 2.45) is 0 Å². The maximum Gasteiger partial charge on any atom is 0.0669 e. The van der Waals surface area contributed by atoms with E-state index in [1.807, 2.05) is 11.3 Å². The molecule has 1 aromatic heterocycles. The number of thiophene rings is 1. The standard InChI is InChI=1S/C15H25NOS/c1-3-9-17-11-13(16-4-2)15-10-12-7-5-6-8-14(12)18-15/h10,13,16H,3-9,11H2,1-2H3. The van der Waals surface area contributed by atoms with Gasteiger partial charge in [-0.15, -0.1) is 11.3 Å². The number of likely N-dealkylation sites (N-methyl/N-ethyl adjacent to an activating group) is 1. The van der Waals surface area contributed by atoms with Crippen LogP contribution in [0.1, 0.15) is 54.5 Å². The average molecular weight is 267 g/mol. The molecule has 0 bridgehead atoms. The highest BCUT2D eigenvalue weighted by Gasteiger charge is 2.18. The van der Waals surface area contributed by atoms with Gasteiger partial charge in [0, 0.05) is 16.4 Å². The van der Waals surface area contributed by atoms with E-state index in [9.17, 15) is 0 Å². The third-order valence-corrected chi connectivity index (χ3v) is 4.79. The molecule has 0 radical (unpaired) electrons. The maximum atomic E-state index is 5.73. The van der Waals surface area contributed by atoms with Gasteiger partial charge in [0.05, 0.1) is 12.6 Å². The molecule has 1 aromatic rings. The van der Waals surface area contributed by atoms with Crippen LogP contribution in [0.2, 0.25) is 0 Å². The second-order valence-electron chi connectivity index (χ2n) is 4.99. The minimum atomic E-state index is 0.386. The highest BCUT2D eigenvalue weighted by atomic mass is 32.1. The van der Waals surface area contributed by atoms with E-state index in [1.54, 1.807) is 10.4 Å². The van der Waals surface area contributed by atoms with Crippen molar-refractivity contribution < 1.29 is 4.74 Å². The lowest BCUT2D eigenvalue weighted by molar-refractivity contribution is 0.113. The van der Waals surface area contributed by atoms with E-state index in [2.05, 4.69) is 25.2 Å². The fourth-order valence-electron chi connectivity index (χ4n) is 2.52. The van der Waals surface area contributed by atoms with Gasteiger partial charge in [-0.05, 0) is 50.3 Å². The Bertz CT molecular complexity index is 338. The van der Waals surface area contributed by atoms with Gasteiger partial charge in [0.1, 0.15) is 0 Å². The van der Waals surface area contributed by atoms with Gasteiger partial charge >= 0.3 is 0 Å². The molecule has 2 nitrogen and oxygen atoms in total. The Hall–Kier alpha value is -0.380. The van der Waals surface area contributed by atoms with Crippen molar-refractivity contribution in [3.63, 3.8) is 0 Å². The van der Waals surface area contributed by atoms with Gasteiger partial charge in [-0.1, -0.05) is 13.8 Å². The molecule has 2 rings (SSSR count). The van der Waals surface area contributed by atoms with E-state index >= 15 is 0 Å². The molecular weight excluding hydrogens is 242 g/mol. The van der Waals surface area contributed by atoms with Gasteiger partial charge in [0.25, 0.3) is 0 Å². The molecule has 0 fully saturated rings. The second kappa shape index (κ2) is 7.27. The summed E-state index contributed by atoms with van der Waals surface area (Å²) in [4.78, 5) is 3.09. The molecule has 1 aliphatic carbocycles. The quantitative estimate of drug-likeness (QED) is 0.761. The molecule has 1 N–H and O–H groups in total. The first-order valence-electron chi connectivity index (χ1n) is 7.27. The third kappa shape index (κ3) is 3.56. The van der Waals surface area contributed by atoms with Gasteiger partial charge in [-0.3, -0.25) is 0 Å². The Morgan fingerprint density at radius 1 is 1.33 bits per heavy atom. The third-order valence-electron chi connectivity index (χ3n) is 3.44. The Labute approximate surface area is 115 Å². The van der Waals surface area contributed by atoms with Gasteiger partial charge in [-0.25, -0.2) is 0 Å². The Morgan fingerprint density at radius 3 is 2.89 bits per heavy atom. The van der Waals surface area contributed by atoms with Gasteiger partial charge < -0.3 is 10.1 Å². The van der Waals surface area contributed by atoms with E-state index in [-0.39, 0.29) is 0 Å². The van der Waals surface area contributed by atoms with Crippen LogP contribution in [0.4, 0.5) is 0 Å². The molecule has 0 aromatic carbocycles. The van der Waals surface area contributed by atoms with Crippen LogP contribution in [0.5, 0.6) is 0 Å². The van der Waals surface area contributed by atoms with Crippen molar-refractivity contribution in [1.82, 2.24) is 5.32 Å². The molecule has 1 atom stereocenters. The first-order valence-corrected chi connectivity index (χ1v) is 8.09. The minimum absolute atomic E-state index is 0.386. The molecule has 1 unspecified atom stereocenters. The van der Waals surface area contributed by atoms with Crippen molar-refractivity contribution in [1.29, 1.82) is 0 Å². The Kier molecular flexibility index (Phi) is 5.67. The first kappa shape index (κ1) is 14.0. The molecule has 1 heterocycles. The van der Waals surface area contributed by atoms with E-state index < -0.39 is 0 Å². The Morgan fingerprint density at radius 2 is 2.17 bits per heavy atom. The van der Waals surface area contributed by atoms with Gasteiger partial charge in [-0.2, -0.15) is 0 Å². The van der Waals surface area contributed by atoms with Crippen LogP contribution in [-0.2, 0) is 17.6 Å². The average Bonchev–Trinajstić information content (AvgIpc) is 2.81. The number of rotatable bonds is 7. The predicted molar refractivity (Wildman–Crippen MR) is 78.5 cm³/mol. The van der Waals surface area contributed by atoms with Crippen LogP contribution in [0, 0.1) is 0 Å². The summed E-state index contributed by atoms with van der Waals surface area (Å²) < 4.78 is 5.73. The molecule has 102 valence electrons. The van der Waals surface area contributed by atoms with Crippen LogP contribution < -0.4 is 5.32 Å². The highest BCUT2D eigenvalue weighted by molar-refractivity contribution is 7.12. The van der Waals surface area contributed by atoms with Crippen LogP contribution in [0.15, 0.2) is 6.07 Å². The van der Waals surface area contributed by atoms with Crippen molar-refractivity contribution in [2.75, 3.05) is 19.8 Å². The van der Waals surface area contributed by atoms with Gasteiger partial charge in [0.2, 0.25) is 0 Å². The number of hydrogen-bond donors (Lipinski definition) is 1. The summed E-state index contributed by atoms with van der Waals surface area (Å²) in [7, 11) is 0. The summed E-state index contributed by atoms with van der Waals surface area (Å²) in [6, 6.07) is 2.80. The van der Waals surface area contributed by atoms with Crippen molar-refractivity contribution >= 4 is 11.3 Å². The lowest BCUT2D eigenvalue weighted by atomic mass is 9.99. The van der Waals surface area contributed by atoms with Crippen LogP contribution in [-0.4, -0.2) is 19.8 Å². The van der Waals surface area contributed by atoms with E-state index in [0.29, 0.717) is 6.04 Å². The van der Waals surface area contributed by atoms with E-state index in [4.69, 9.17) is 4.74 Å². The number of fused-ring (bicyclic) bond motifs is 1. The fourth-order valence-corrected chi connectivity index (χ4v) is 3.84. The fraction of sp³-hybridized carbons (Fsp3) is 0.733. The zero-order chi connectivity index (χ0) is 12.8. The van der Waals surface area contributed by atoms with Gasteiger partial charge in [0.15, 0.2) is 0 Å². The zero-order valence-electron chi connectivity index (χ0n) is 11.6. The molecule has 18 heavy (non-hydrogen) atoms. The zero-order valence-corrected chi connectivity index (χ0v) is 12.4. The first-order chi connectivity index (χ1) is 8.85. The molecule has 3 heteroatoms. The second-order valence-corrected chi connectivity index (χ2v) is 6.16. The lowest BCUT2D eigenvalue weighted by Gasteiger charge is -2.16. The summed E-state index contributed by atoms with van der Waals surface area (Å²) in [5, 5.41) is 3.55. The number of aryl methyl sites for hydroxylation is 2. The number of nitrogens with one attached hydrogen (secondary N) is 1. The molecule has 0 amide bonds. The van der Waals surface area contributed by atoms with Crippen molar-refractivity contribution in [2.45, 2.75) is 52.0 Å². The predicted octanol–water partition coefficient (Wildman–Crippen LogP) is 3.70. The summed E-state index contributed by atoms with van der Waals surface area (Å²) >= 11 is 2.00. The topological polar surface area (TPSA) is 21.3 Å². The van der Waals surface area contributed by atoms with Crippen LogP contribution in [0.3, 0.4) is 0 Å². The molecular formula is C15H25NOS. The van der Waals surface area contributed by atoms with E-state index in [1.165, 1.54) is 30.6 Å². The number of ether oxygens (including phenoxy) is 1. The highest BCUT2D eigenvalue weighted by Crippen LogP contribution is 2.33. The molecule has 0 spiro atoms. The SMILES string of the molecule is CCCOCC(NCC)c1cc2c(s1)CCCC2. The molecule has 0 saturated carbocycles. The molecule has 0 saturated heterocycles.